The van der Waals surface area contributed by atoms with Crippen LogP contribution in [-0.4, -0.2) is 26.2 Å². The molecule has 190 valence electrons. The monoisotopic (exact) mass is 495 g/mol. The van der Waals surface area contributed by atoms with Crippen LogP contribution in [-0.2, 0) is 16.0 Å². The molecule has 0 spiro atoms. The van der Waals surface area contributed by atoms with Gasteiger partial charge in [-0.05, 0) is 53.1 Å². The molecule has 2 atom stereocenters. The van der Waals surface area contributed by atoms with Crippen LogP contribution in [0.3, 0.4) is 0 Å². The lowest BCUT2D eigenvalue weighted by Gasteiger charge is -2.30. The highest BCUT2D eigenvalue weighted by molar-refractivity contribution is 6.06. The van der Waals surface area contributed by atoms with E-state index in [1.807, 2.05) is 91.0 Å². The van der Waals surface area contributed by atoms with E-state index in [0.29, 0.717) is 23.5 Å². The van der Waals surface area contributed by atoms with Crippen molar-refractivity contribution in [2.45, 2.75) is 19.6 Å². The maximum atomic E-state index is 12.9. The van der Waals surface area contributed by atoms with Gasteiger partial charge in [0.05, 0.1) is 18.5 Å². The smallest absolute Gasteiger partial charge is 0.255 e. The molecule has 0 saturated carbocycles. The zero-order chi connectivity index (χ0) is 26.2. The van der Waals surface area contributed by atoms with Crippen molar-refractivity contribution in [1.29, 1.82) is 0 Å². The fourth-order valence-electron chi connectivity index (χ4n) is 4.27. The number of nitrogens with one attached hydrogen (secondary N) is 2. The van der Waals surface area contributed by atoms with E-state index in [2.05, 4.69) is 17.6 Å². The standard InChI is InChI=1S/C31H33N3O3/c1-21-27(17-18-29(36-2)30(21)37-3)33-20-24-11-14-25(15-12-24)31(35)34-28-19-23(13-16-26(28)32)10-9-22-7-5-4-6-8-22/h4-19,21,30,33H,20,32H2,1-3H3,(H,34,35)/b10-9+. The minimum absolute atomic E-state index is 0.122. The highest BCUT2D eigenvalue weighted by atomic mass is 16.5. The summed E-state index contributed by atoms with van der Waals surface area (Å²) in [6, 6.07) is 23.2. The first-order valence-electron chi connectivity index (χ1n) is 12.2. The van der Waals surface area contributed by atoms with Gasteiger partial charge in [0.15, 0.2) is 0 Å². The molecule has 6 heteroatoms. The first-order valence-corrected chi connectivity index (χ1v) is 12.2. The maximum absolute atomic E-state index is 12.9. The van der Waals surface area contributed by atoms with E-state index < -0.39 is 0 Å². The van der Waals surface area contributed by atoms with E-state index in [1.54, 1.807) is 20.3 Å². The fraction of sp³-hybridized carbons (Fsp3) is 0.194. The highest BCUT2D eigenvalue weighted by Crippen LogP contribution is 2.27. The summed E-state index contributed by atoms with van der Waals surface area (Å²) in [5.41, 5.74) is 12.0. The second-order valence-corrected chi connectivity index (χ2v) is 8.94. The van der Waals surface area contributed by atoms with Crippen molar-refractivity contribution in [2.24, 2.45) is 5.92 Å². The Morgan fingerprint density at radius 2 is 1.68 bits per heavy atom. The number of carbonyl (C=O) groups is 1. The van der Waals surface area contributed by atoms with Crippen LogP contribution < -0.4 is 16.4 Å². The van der Waals surface area contributed by atoms with Gasteiger partial charge in [-0.15, -0.1) is 0 Å². The highest BCUT2D eigenvalue weighted by Gasteiger charge is 2.27. The first-order chi connectivity index (χ1) is 18.0. The van der Waals surface area contributed by atoms with Crippen molar-refractivity contribution in [3.63, 3.8) is 0 Å². The van der Waals surface area contributed by atoms with Gasteiger partial charge in [0, 0.05) is 30.8 Å². The predicted molar refractivity (Wildman–Crippen MR) is 151 cm³/mol. The third-order valence-corrected chi connectivity index (χ3v) is 6.45. The third-order valence-electron chi connectivity index (χ3n) is 6.45. The maximum Gasteiger partial charge on any atom is 0.255 e. The number of carbonyl (C=O) groups excluding carboxylic acids is 1. The molecule has 0 fully saturated rings. The molecule has 0 heterocycles. The molecular weight excluding hydrogens is 462 g/mol. The second kappa shape index (κ2) is 12.1. The third kappa shape index (κ3) is 6.48. The second-order valence-electron chi connectivity index (χ2n) is 8.94. The van der Waals surface area contributed by atoms with Gasteiger partial charge in [-0.1, -0.05) is 67.6 Å². The SMILES string of the molecule is COC1=CC=C(NCc2ccc(C(=O)Nc3cc(/C=C/c4ccccc4)ccc3N)cc2)C(C)C1OC. The number of anilines is 2. The molecule has 4 rings (SSSR count). The quantitative estimate of drug-likeness (QED) is 0.256. The molecule has 0 bridgehead atoms. The Morgan fingerprint density at radius 3 is 2.38 bits per heavy atom. The summed E-state index contributed by atoms with van der Waals surface area (Å²) in [5.74, 6) is 0.743. The van der Waals surface area contributed by atoms with Crippen molar-refractivity contribution < 1.29 is 14.3 Å². The Balaban J connectivity index is 1.38. The number of rotatable bonds is 9. The van der Waals surface area contributed by atoms with Crippen molar-refractivity contribution in [3.8, 4) is 0 Å². The van der Waals surface area contributed by atoms with Crippen LogP contribution in [0.4, 0.5) is 11.4 Å². The lowest BCUT2D eigenvalue weighted by Crippen LogP contribution is -2.32. The number of methoxy groups -OCH3 is 2. The van der Waals surface area contributed by atoms with Gasteiger partial charge in [-0.2, -0.15) is 0 Å². The van der Waals surface area contributed by atoms with Gasteiger partial charge < -0.3 is 25.8 Å². The number of allylic oxidation sites excluding steroid dienone is 2. The molecule has 3 aromatic carbocycles. The van der Waals surface area contributed by atoms with Gasteiger partial charge in [-0.25, -0.2) is 0 Å². The number of ether oxygens (including phenoxy) is 2. The Hall–Kier alpha value is -4.29. The van der Waals surface area contributed by atoms with Gasteiger partial charge >= 0.3 is 0 Å². The summed E-state index contributed by atoms with van der Waals surface area (Å²) in [5, 5.41) is 6.42. The van der Waals surface area contributed by atoms with Crippen LogP contribution in [0.15, 0.2) is 96.4 Å². The molecular formula is C31H33N3O3. The van der Waals surface area contributed by atoms with Crippen molar-refractivity contribution in [2.75, 3.05) is 25.3 Å². The summed E-state index contributed by atoms with van der Waals surface area (Å²) >= 11 is 0. The molecule has 0 saturated heterocycles. The van der Waals surface area contributed by atoms with Crippen molar-refractivity contribution in [1.82, 2.24) is 5.32 Å². The van der Waals surface area contributed by atoms with E-state index in [-0.39, 0.29) is 17.9 Å². The lowest BCUT2D eigenvalue weighted by atomic mass is 9.94. The van der Waals surface area contributed by atoms with E-state index in [0.717, 1.165) is 28.1 Å². The van der Waals surface area contributed by atoms with E-state index >= 15 is 0 Å². The predicted octanol–water partition coefficient (Wildman–Crippen LogP) is 5.86. The van der Waals surface area contributed by atoms with Gasteiger partial charge in [0.1, 0.15) is 11.9 Å². The molecule has 0 aliphatic heterocycles. The Bertz CT molecular complexity index is 1310. The number of benzene rings is 3. The topological polar surface area (TPSA) is 85.6 Å². The number of hydrogen-bond acceptors (Lipinski definition) is 5. The average molecular weight is 496 g/mol. The summed E-state index contributed by atoms with van der Waals surface area (Å²) in [4.78, 5) is 12.9. The average Bonchev–Trinajstić information content (AvgIpc) is 2.93. The van der Waals surface area contributed by atoms with Gasteiger partial charge in [0.2, 0.25) is 0 Å². The van der Waals surface area contributed by atoms with Crippen LogP contribution in [0.5, 0.6) is 0 Å². The van der Waals surface area contributed by atoms with Gasteiger partial charge in [0.25, 0.3) is 5.91 Å². The van der Waals surface area contributed by atoms with Crippen molar-refractivity contribution in [3.05, 3.63) is 119 Å². The number of amides is 1. The first kappa shape index (κ1) is 25.8. The molecule has 0 aromatic heterocycles. The number of nitrogens with two attached hydrogens (primary N) is 1. The van der Waals surface area contributed by atoms with Crippen LogP contribution >= 0.6 is 0 Å². The molecule has 1 amide bonds. The fourth-order valence-corrected chi connectivity index (χ4v) is 4.27. The van der Waals surface area contributed by atoms with Gasteiger partial charge in [-0.3, -0.25) is 4.79 Å². The zero-order valence-electron chi connectivity index (χ0n) is 21.4. The number of hydrogen-bond donors (Lipinski definition) is 3. The summed E-state index contributed by atoms with van der Waals surface area (Å²) in [6.45, 7) is 2.73. The Labute approximate surface area is 218 Å². The van der Waals surface area contributed by atoms with E-state index in [1.165, 1.54) is 0 Å². The summed E-state index contributed by atoms with van der Waals surface area (Å²) in [7, 11) is 3.34. The largest absolute Gasteiger partial charge is 0.498 e. The minimum atomic E-state index is -0.209. The lowest BCUT2D eigenvalue weighted by molar-refractivity contribution is 0.0484. The minimum Gasteiger partial charge on any atom is -0.498 e. The molecule has 37 heavy (non-hydrogen) atoms. The summed E-state index contributed by atoms with van der Waals surface area (Å²) < 4.78 is 11.0. The van der Waals surface area contributed by atoms with Crippen LogP contribution in [0.2, 0.25) is 0 Å². The molecule has 1 aliphatic rings. The Kier molecular flexibility index (Phi) is 8.44. The molecule has 1 aliphatic carbocycles. The van der Waals surface area contributed by atoms with Crippen LogP contribution in [0.1, 0.15) is 34.0 Å². The molecule has 6 nitrogen and oxygen atoms in total. The van der Waals surface area contributed by atoms with Crippen molar-refractivity contribution >= 4 is 29.4 Å². The van der Waals surface area contributed by atoms with Crippen LogP contribution in [0.25, 0.3) is 12.2 Å². The summed E-state index contributed by atoms with van der Waals surface area (Å²) in [6.07, 6.45) is 7.85. The number of nitrogen functional groups attached to an aromatic ring is 1. The molecule has 0 radical (unpaired) electrons. The molecule has 3 aromatic rings. The Morgan fingerprint density at radius 1 is 0.946 bits per heavy atom. The van der Waals surface area contributed by atoms with Crippen LogP contribution in [0, 0.1) is 5.92 Å². The molecule has 4 N–H and O–H groups in total. The van der Waals surface area contributed by atoms with E-state index in [4.69, 9.17) is 15.2 Å². The normalized spacial score (nSPS) is 17.2. The van der Waals surface area contributed by atoms with E-state index in [9.17, 15) is 4.79 Å². The molecule has 2 unspecified atom stereocenters. The zero-order valence-corrected chi connectivity index (χ0v) is 21.4.